The third-order valence-electron chi connectivity index (χ3n) is 4.81. The number of ketones is 1. The van der Waals surface area contributed by atoms with E-state index >= 15 is 0 Å². The summed E-state index contributed by atoms with van der Waals surface area (Å²) in [5.41, 5.74) is 0.873. The van der Waals surface area contributed by atoms with E-state index in [2.05, 4.69) is 0 Å². The molecule has 0 spiro atoms. The van der Waals surface area contributed by atoms with E-state index in [4.69, 9.17) is 25.8 Å². The number of carbonyl (C=O) groups is 2. The third-order valence-corrected chi connectivity index (χ3v) is 7.04. The SMILES string of the molecule is COc1ccc(C(C)=O)cc1COC(=O)c1cc(S(=O)(=O)N2CCOCC2)ccc1Cl. The fourth-order valence-corrected chi connectivity index (χ4v) is 4.72. The first-order valence-corrected chi connectivity index (χ1v) is 11.3. The Morgan fingerprint density at radius 3 is 2.48 bits per heavy atom. The van der Waals surface area contributed by atoms with Crippen molar-refractivity contribution in [2.45, 2.75) is 18.4 Å². The molecule has 0 aromatic heterocycles. The van der Waals surface area contributed by atoms with Crippen LogP contribution in [0.4, 0.5) is 0 Å². The molecular weight excluding hydrogens is 446 g/mol. The van der Waals surface area contributed by atoms with Crippen molar-refractivity contribution in [2.24, 2.45) is 0 Å². The number of sulfonamides is 1. The number of nitrogens with zero attached hydrogens (tertiary/aromatic N) is 1. The highest BCUT2D eigenvalue weighted by atomic mass is 35.5. The lowest BCUT2D eigenvalue weighted by atomic mass is 10.1. The van der Waals surface area contributed by atoms with Crippen molar-refractivity contribution in [1.82, 2.24) is 4.31 Å². The highest BCUT2D eigenvalue weighted by molar-refractivity contribution is 7.89. The van der Waals surface area contributed by atoms with Gasteiger partial charge in [-0.25, -0.2) is 13.2 Å². The van der Waals surface area contributed by atoms with E-state index in [1.807, 2.05) is 0 Å². The topological polar surface area (TPSA) is 99.2 Å². The molecule has 166 valence electrons. The van der Waals surface area contributed by atoms with Gasteiger partial charge in [0.2, 0.25) is 10.0 Å². The zero-order chi connectivity index (χ0) is 22.6. The van der Waals surface area contributed by atoms with E-state index in [0.29, 0.717) is 30.1 Å². The molecule has 1 saturated heterocycles. The van der Waals surface area contributed by atoms with Crippen LogP contribution in [0.5, 0.6) is 5.75 Å². The van der Waals surface area contributed by atoms with Crippen LogP contribution >= 0.6 is 11.6 Å². The van der Waals surface area contributed by atoms with Gasteiger partial charge in [-0.1, -0.05) is 11.6 Å². The number of methoxy groups -OCH3 is 1. The quantitative estimate of drug-likeness (QED) is 0.456. The van der Waals surface area contributed by atoms with E-state index in [1.165, 1.54) is 36.5 Å². The van der Waals surface area contributed by atoms with E-state index < -0.39 is 16.0 Å². The third kappa shape index (κ3) is 5.24. The van der Waals surface area contributed by atoms with Gasteiger partial charge in [-0.15, -0.1) is 0 Å². The molecule has 0 amide bonds. The predicted octanol–water partition coefficient (Wildman–Crippen LogP) is 2.93. The van der Waals surface area contributed by atoms with Crippen LogP contribution in [-0.2, 0) is 26.1 Å². The van der Waals surface area contributed by atoms with Gasteiger partial charge in [0.05, 0.1) is 35.8 Å². The minimum atomic E-state index is -3.80. The van der Waals surface area contributed by atoms with Crippen LogP contribution in [0.25, 0.3) is 0 Å². The Morgan fingerprint density at radius 2 is 1.84 bits per heavy atom. The molecule has 0 N–H and O–H groups in total. The van der Waals surface area contributed by atoms with Crippen molar-refractivity contribution in [3.63, 3.8) is 0 Å². The van der Waals surface area contributed by atoms with E-state index in [0.717, 1.165) is 0 Å². The Morgan fingerprint density at radius 1 is 1.13 bits per heavy atom. The number of hydrogen-bond acceptors (Lipinski definition) is 7. The van der Waals surface area contributed by atoms with E-state index in [9.17, 15) is 18.0 Å². The first-order chi connectivity index (χ1) is 14.7. The lowest BCUT2D eigenvalue weighted by Crippen LogP contribution is -2.40. The maximum Gasteiger partial charge on any atom is 0.340 e. The minimum absolute atomic E-state index is 0.0538. The largest absolute Gasteiger partial charge is 0.496 e. The first kappa shape index (κ1) is 23.2. The second-order valence-corrected chi connectivity index (χ2v) is 9.16. The van der Waals surface area contributed by atoms with Crippen LogP contribution in [0, 0.1) is 0 Å². The lowest BCUT2D eigenvalue weighted by molar-refractivity contribution is 0.0470. The summed E-state index contributed by atoms with van der Waals surface area (Å²) in [6.07, 6.45) is 0. The number of halogens is 1. The van der Waals surface area contributed by atoms with Crippen LogP contribution in [0.3, 0.4) is 0 Å². The number of morpholine rings is 1. The van der Waals surface area contributed by atoms with Crippen molar-refractivity contribution in [3.05, 3.63) is 58.1 Å². The molecule has 10 heteroatoms. The molecule has 31 heavy (non-hydrogen) atoms. The van der Waals surface area contributed by atoms with Gasteiger partial charge in [-0.3, -0.25) is 4.79 Å². The Bertz CT molecular complexity index is 1090. The van der Waals surface area contributed by atoms with Crippen LogP contribution in [0.15, 0.2) is 41.3 Å². The number of ether oxygens (including phenoxy) is 3. The number of hydrogen-bond donors (Lipinski definition) is 0. The molecule has 2 aromatic rings. The molecule has 3 rings (SSSR count). The van der Waals surface area contributed by atoms with Gasteiger partial charge in [0.1, 0.15) is 12.4 Å². The number of esters is 1. The summed E-state index contributed by atoms with van der Waals surface area (Å²) < 4.78 is 42.8. The molecule has 1 fully saturated rings. The molecule has 1 aliphatic heterocycles. The lowest BCUT2D eigenvalue weighted by Gasteiger charge is -2.26. The highest BCUT2D eigenvalue weighted by Gasteiger charge is 2.28. The predicted molar refractivity (Wildman–Crippen MR) is 113 cm³/mol. The van der Waals surface area contributed by atoms with Gasteiger partial charge in [0, 0.05) is 24.2 Å². The van der Waals surface area contributed by atoms with Gasteiger partial charge in [0.25, 0.3) is 0 Å². The fourth-order valence-electron chi connectivity index (χ4n) is 3.09. The van der Waals surface area contributed by atoms with Crippen LogP contribution < -0.4 is 4.74 Å². The maximum atomic E-state index is 12.9. The van der Waals surface area contributed by atoms with Crippen LogP contribution in [0.2, 0.25) is 5.02 Å². The summed E-state index contributed by atoms with van der Waals surface area (Å²) in [4.78, 5) is 24.2. The molecule has 1 aliphatic rings. The molecule has 0 saturated carbocycles. The number of carbonyl (C=O) groups excluding carboxylic acids is 2. The normalized spacial score (nSPS) is 14.8. The summed E-state index contributed by atoms with van der Waals surface area (Å²) in [6, 6.07) is 8.71. The summed E-state index contributed by atoms with van der Waals surface area (Å²) in [6.45, 7) is 2.33. The first-order valence-electron chi connectivity index (χ1n) is 9.46. The summed E-state index contributed by atoms with van der Waals surface area (Å²) in [5, 5.41) is 0.0652. The van der Waals surface area contributed by atoms with Crippen LogP contribution in [0.1, 0.15) is 33.2 Å². The Labute approximate surface area is 185 Å². The van der Waals surface area contributed by atoms with Gasteiger partial charge in [-0.05, 0) is 43.3 Å². The van der Waals surface area contributed by atoms with Crippen molar-refractivity contribution in [3.8, 4) is 5.75 Å². The molecule has 2 aromatic carbocycles. The van der Waals surface area contributed by atoms with E-state index in [1.54, 1.807) is 18.2 Å². The number of Topliss-reactive ketones (excluding diaryl/α,β-unsaturated/α-hetero) is 1. The molecule has 0 radical (unpaired) electrons. The molecule has 0 unspecified atom stereocenters. The standard InChI is InChI=1S/C21H22ClNO7S/c1-14(24)15-3-6-20(28-2)16(11-15)13-30-21(25)18-12-17(4-5-19(18)22)31(26,27)23-7-9-29-10-8-23/h3-6,11-12H,7-10,13H2,1-2H3. The zero-order valence-electron chi connectivity index (χ0n) is 17.1. The summed E-state index contributed by atoms with van der Waals surface area (Å²) in [7, 11) is -2.34. The monoisotopic (exact) mass is 467 g/mol. The highest BCUT2D eigenvalue weighted by Crippen LogP contribution is 2.26. The molecular formula is C21H22ClNO7S. The Kier molecular flexibility index (Phi) is 7.32. The number of benzene rings is 2. The summed E-state index contributed by atoms with van der Waals surface area (Å²) >= 11 is 6.14. The molecule has 0 bridgehead atoms. The van der Waals surface area contributed by atoms with Crippen molar-refractivity contribution >= 4 is 33.4 Å². The molecule has 0 atom stereocenters. The van der Waals surface area contributed by atoms with Crippen molar-refractivity contribution < 1.29 is 32.2 Å². The minimum Gasteiger partial charge on any atom is -0.496 e. The molecule has 1 heterocycles. The van der Waals surface area contributed by atoms with Gasteiger partial charge < -0.3 is 14.2 Å². The average molecular weight is 468 g/mol. The fraction of sp³-hybridized carbons (Fsp3) is 0.333. The van der Waals surface area contributed by atoms with Gasteiger partial charge in [0.15, 0.2) is 5.78 Å². The van der Waals surface area contributed by atoms with Crippen molar-refractivity contribution in [1.29, 1.82) is 0 Å². The number of rotatable bonds is 7. The average Bonchev–Trinajstić information content (AvgIpc) is 2.77. The van der Waals surface area contributed by atoms with E-state index in [-0.39, 0.29) is 41.0 Å². The maximum absolute atomic E-state index is 12.9. The zero-order valence-corrected chi connectivity index (χ0v) is 18.7. The Balaban J connectivity index is 1.82. The Hall–Kier alpha value is -2.46. The van der Waals surface area contributed by atoms with Gasteiger partial charge in [-0.2, -0.15) is 4.31 Å². The van der Waals surface area contributed by atoms with Crippen molar-refractivity contribution in [2.75, 3.05) is 33.4 Å². The summed E-state index contributed by atoms with van der Waals surface area (Å²) in [5.74, 6) is -0.480. The van der Waals surface area contributed by atoms with Gasteiger partial charge >= 0.3 is 5.97 Å². The molecule has 0 aliphatic carbocycles. The van der Waals surface area contributed by atoms with Crippen LogP contribution in [-0.4, -0.2) is 57.9 Å². The second kappa shape index (κ2) is 9.78. The molecule has 8 nitrogen and oxygen atoms in total. The smallest absolute Gasteiger partial charge is 0.340 e. The second-order valence-electron chi connectivity index (χ2n) is 6.82.